The summed E-state index contributed by atoms with van der Waals surface area (Å²) in [5, 5.41) is 24.9. The smallest absolute Gasteiger partial charge is 0.309 e. The van der Waals surface area contributed by atoms with Gasteiger partial charge in [-0.2, -0.15) is 0 Å². The molecule has 1 heterocycles. The fourth-order valence-electron chi connectivity index (χ4n) is 16.7. The zero-order chi connectivity index (χ0) is 41.4. The number of ether oxygens (including phenoxy) is 1. The maximum Gasteiger partial charge on any atom is 0.309 e. The van der Waals surface area contributed by atoms with Gasteiger partial charge in [-0.15, -0.1) is 0 Å². The predicted molar refractivity (Wildman–Crippen MR) is 223 cm³/mol. The number of carbonyl (C=O) groups is 2. The number of fused-ring (bicyclic) bond motifs is 7. The van der Waals surface area contributed by atoms with Crippen molar-refractivity contribution in [2.45, 2.75) is 176 Å². The number of aliphatic carboxylic acids is 1. The van der Waals surface area contributed by atoms with Crippen LogP contribution in [-0.4, -0.2) is 90.4 Å². The summed E-state index contributed by atoms with van der Waals surface area (Å²) in [6.45, 7) is 22.9. The average Bonchev–Trinajstić information content (AvgIpc) is 3.74. The Balaban J connectivity index is 0.998. The first-order valence-electron chi connectivity index (χ1n) is 23.3. The first-order chi connectivity index (χ1) is 26.5. The Morgan fingerprint density at radius 1 is 0.772 bits per heavy atom. The van der Waals surface area contributed by atoms with Crippen molar-refractivity contribution in [1.82, 2.24) is 10.2 Å². The summed E-state index contributed by atoms with van der Waals surface area (Å²) in [5.41, 5.74) is 0.501. The molecule has 1 saturated heterocycles. The number of sulfone groups is 1. The predicted octanol–water partition coefficient (Wildman–Crippen LogP) is 7.74. The van der Waals surface area contributed by atoms with Crippen molar-refractivity contribution in [3.8, 4) is 0 Å². The average molecular weight is 815 g/mol. The van der Waals surface area contributed by atoms with Crippen LogP contribution < -0.4 is 5.32 Å². The Morgan fingerprint density at radius 3 is 2.07 bits per heavy atom. The van der Waals surface area contributed by atoms with Crippen LogP contribution in [-0.2, 0) is 24.2 Å². The Hall–Kier alpha value is -1.23. The number of aliphatic hydroxyl groups is 1. The van der Waals surface area contributed by atoms with Gasteiger partial charge in [-0.3, -0.25) is 14.5 Å². The summed E-state index contributed by atoms with van der Waals surface area (Å²) in [5.74, 6) is 1.70. The van der Waals surface area contributed by atoms with Crippen LogP contribution in [0.2, 0.25) is 0 Å². The minimum atomic E-state index is -2.97. The van der Waals surface area contributed by atoms with Gasteiger partial charge in [0.1, 0.15) is 6.10 Å². The van der Waals surface area contributed by atoms with Crippen LogP contribution in [0.3, 0.4) is 0 Å². The van der Waals surface area contributed by atoms with E-state index in [-0.39, 0.29) is 62.7 Å². The molecule has 0 bridgehead atoms. The van der Waals surface area contributed by atoms with Gasteiger partial charge in [-0.25, -0.2) is 8.42 Å². The van der Waals surface area contributed by atoms with Crippen LogP contribution in [0, 0.1) is 73.9 Å². The zero-order valence-electron chi connectivity index (χ0n) is 37.0. The highest BCUT2D eigenvalue weighted by molar-refractivity contribution is 7.91. The molecule has 9 nitrogen and oxygen atoms in total. The quantitative estimate of drug-likeness (QED) is 0.190. The van der Waals surface area contributed by atoms with Crippen LogP contribution in [0.15, 0.2) is 0 Å². The van der Waals surface area contributed by atoms with E-state index in [1.54, 1.807) is 0 Å². The summed E-state index contributed by atoms with van der Waals surface area (Å²) < 4.78 is 30.9. The SMILES string of the molecule is CC(O)C(CCN[C@]12CC[C@@H](C3(C)CC3)[C@@H]1[C@H]1CC[C@@H]3[C@@]4(C)CC[C@H](OC(=O)[C@@H]5C[C@H](C(=O)O)C5(C)C)C(C)(C)[C@@H]4CC[C@@]3(C)[C@]1(C)CC2)N1CCS(=O)(=O)CC1. The van der Waals surface area contributed by atoms with Gasteiger partial charge in [0.2, 0.25) is 0 Å². The number of aliphatic hydroxyl groups excluding tert-OH is 1. The van der Waals surface area contributed by atoms with Gasteiger partial charge in [0.15, 0.2) is 9.84 Å². The van der Waals surface area contributed by atoms with Crippen molar-refractivity contribution >= 4 is 21.8 Å². The molecule has 14 atom stereocenters. The number of nitrogens with one attached hydrogen (secondary N) is 1. The third-order valence-corrected chi connectivity index (χ3v) is 22.3. The molecular formula is C47H78N2O7S. The molecule has 2 unspecified atom stereocenters. The van der Waals surface area contributed by atoms with E-state index in [1.807, 2.05) is 20.8 Å². The third kappa shape index (κ3) is 6.45. The molecule has 7 saturated carbocycles. The van der Waals surface area contributed by atoms with E-state index in [4.69, 9.17) is 4.74 Å². The van der Waals surface area contributed by atoms with E-state index < -0.39 is 33.2 Å². The normalized spacial score (nSPS) is 47.5. The standard InChI is InChI=1S/C47H78N2O7S/c1-29(50)34(49-24-26-57(54,55)27-25-49)15-23-48-47-18-12-30(43(6)19-20-43)38(47)31-10-11-36-44(7)16-14-37(56-40(53)33-28-32(39(51)52)41(33,2)3)42(4,5)35(44)13-17-46(36,9)45(31,8)21-22-47/h29-38,48,50H,10-28H2,1-9H3,(H,51,52)/t29?,30-,31-,32-,33+,34?,35+,36-,37+,38-,44+,45-,46-,47+/m1/s1. The van der Waals surface area contributed by atoms with Gasteiger partial charge in [0, 0.05) is 30.1 Å². The second-order valence-corrected chi connectivity index (χ2v) is 26.0. The van der Waals surface area contributed by atoms with Crippen LogP contribution >= 0.6 is 0 Å². The maximum atomic E-state index is 13.7. The third-order valence-electron chi connectivity index (χ3n) is 20.7. The molecule has 0 aromatic carbocycles. The molecule has 0 radical (unpaired) electrons. The number of esters is 1. The van der Waals surface area contributed by atoms with E-state index in [2.05, 4.69) is 51.8 Å². The Morgan fingerprint density at radius 2 is 1.46 bits per heavy atom. The summed E-state index contributed by atoms with van der Waals surface area (Å²) >= 11 is 0. The molecular weight excluding hydrogens is 737 g/mol. The van der Waals surface area contributed by atoms with Crippen LogP contribution in [0.5, 0.6) is 0 Å². The second kappa shape index (κ2) is 13.9. The van der Waals surface area contributed by atoms with Crippen molar-refractivity contribution in [3.05, 3.63) is 0 Å². The van der Waals surface area contributed by atoms with Gasteiger partial charge in [0.25, 0.3) is 0 Å². The summed E-state index contributed by atoms with van der Waals surface area (Å²) in [7, 11) is -2.97. The highest BCUT2D eigenvalue weighted by Crippen LogP contribution is 2.78. The molecule has 10 heteroatoms. The van der Waals surface area contributed by atoms with Gasteiger partial charge in [-0.05, 0) is 160 Å². The van der Waals surface area contributed by atoms with Crippen molar-refractivity contribution in [1.29, 1.82) is 0 Å². The molecule has 57 heavy (non-hydrogen) atoms. The Bertz CT molecular complexity index is 1690. The lowest BCUT2D eigenvalue weighted by molar-refractivity contribution is -0.249. The molecule has 7 aliphatic carbocycles. The molecule has 0 aromatic rings. The highest BCUT2D eigenvalue weighted by atomic mass is 32.2. The van der Waals surface area contributed by atoms with Gasteiger partial charge in [0.05, 0.1) is 29.4 Å². The minimum Gasteiger partial charge on any atom is -0.481 e. The fraction of sp³-hybridized carbons (Fsp3) is 0.957. The molecule has 8 fully saturated rings. The summed E-state index contributed by atoms with van der Waals surface area (Å²) in [6.07, 6.45) is 15.2. The number of rotatable bonds is 10. The first kappa shape index (κ1) is 42.5. The maximum absolute atomic E-state index is 13.7. The van der Waals surface area contributed by atoms with Crippen molar-refractivity contribution in [3.63, 3.8) is 0 Å². The summed E-state index contributed by atoms with van der Waals surface area (Å²) in [6, 6.07) is -0.0302. The molecule has 1 aliphatic heterocycles. The summed E-state index contributed by atoms with van der Waals surface area (Å²) in [4.78, 5) is 27.7. The second-order valence-electron chi connectivity index (χ2n) is 23.6. The van der Waals surface area contributed by atoms with Crippen molar-refractivity contribution < 1.29 is 33.0 Å². The lowest BCUT2D eigenvalue weighted by atomic mass is 9.32. The Kier molecular flexibility index (Phi) is 10.3. The van der Waals surface area contributed by atoms with E-state index in [0.29, 0.717) is 48.6 Å². The monoisotopic (exact) mass is 815 g/mol. The highest BCUT2D eigenvalue weighted by Gasteiger charge is 2.72. The molecule has 0 spiro atoms. The molecule has 0 amide bonds. The van der Waals surface area contributed by atoms with Crippen molar-refractivity contribution in [2.24, 2.45) is 73.9 Å². The number of nitrogens with zero attached hydrogens (tertiary/aromatic N) is 1. The number of carboxylic acids is 1. The number of hydrogen-bond donors (Lipinski definition) is 3. The van der Waals surface area contributed by atoms with E-state index in [9.17, 15) is 28.2 Å². The zero-order valence-corrected chi connectivity index (χ0v) is 37.8. The van der Waals surface area contributed by atoms with E-state index >= 15 is 0 Å². The molecule has 324 valence electrons. The lowest BCUT2D eigenvalue weighted by Gasteiger charge is -2.73. The fourth-order valence-corrected chi connectivity index (χ4v) is 17.9. The van der Waals surface area contributed by atoms with Crippen LogP contribution in [0.4, 0.5) is 0 Å². The van der Waals surface area contributed by atoms with Gasteiger partial charge in [-0.1, -0.05) is 55.4 Å². The minimum absolute atomic E-state index is 0.0302. The molecule has 8 rings (SSSR count). The van der Waals surface area contributed by atoms with Gasteiger partial charge >= 0.3 is 11.9 Å². The van der Waals surface area contributed by atoms with E-state index in [0.717, 1.165) is 38.1 Å². The molecule has 0 aromatic heterocycles. The largest absolute Gasteiger partial charge is 0.481 e. The van der Waals surface area contributed by atoms with Gasteiger partial charge < -0.3 is 20.3 Å². The van der Waals surface area contributed by atoms with Crippen LogP contribution in [0.25, 0.3) is 0 Å². The molecule has 3 N–H and O–H groups in total. The first-order valence-corrected chi connectivity index (χ1v) is 25.1. The molecule has 8 aliphatic rings. The van der Waals surface area contributed by atoms with E-state index in [1.165, 1.54) is 57.8 Å². The number of carbonyl (C=O) groups excluding carboxylic acids is 1. The number of hydrogen-bond acceptors (Lipinski definition) is 8. The topological polar surface area (TPSA) is 133 Å². The van der Waals surface area contributed by atoms with Crippen LogP contribution in [0.1, 0.15) is 152 Å². The van der Waals surface area contributed by atoms with Crippen molar-refractivity contribution in [2.75, 3.05) is 31.1 Å². The number of carboxylic acid groups (broad SMARTS) is 1. The lowest BCUT2D eigenvalue weighted by Crippen LogP contribution is -2.69. The Labute approximate surface area is 344 Å².